The Morgan fingerprint density at radius 3 is 2.50 bits per heavy atom. The molecule has 1 heterocycles. The van der Waals surface area contributed by atoms with Crippen molar-refractivity contribution in [3.05, 3.63) is 35.4 Å². The van der Waals surface area contributed by atoms with Crippen molar-refractivity contribution in [1.29, 1.82) is 0 Å². The minimum Gasteiger partial charge on any atom is -0.247 e. The zero-order valence-corrected chi connectivity index (χ0v) is 7.18. The molecule has 0 aliphatic rings. The number of nitrogens with zero attached hydrogens (tertiary/aromatic N) is 2. The lowest BCUT2D eigenvalue weighted by Crippen LogP contribution is -1.98. The van der Waals surface area contributed by atoms with Gasteiger partial charge >= 0.3 is 0 Å². The van der Waals surface area contributed by atoms with E-state index in [4.69, 9.17) is 0 Å². The van der Waals surface area contributed by atoms with Crippen molar-refractivity contribution in [2.24, 2.45) is 0 Å². The quantitative estimate of drug-likeness (QED) is 0.649. The van der Waals surface area contributed by atoms with Gasteiger partial charge in [0.25, 0.3) is 0 Å². The van der Waals surface area contributed by atoms with Crippen molar-refractivity contribution >= 4 is 11.0 Å². The summed E-state index contributed by atoms with van der Waals surface area (Å²) < 4.78 is 38.7. The maximum absolute atomic E-state index is 13.1. The van der Waals surface area contributed by atoms with Crippen LogP contribution >= 0.6 is 0 Å². The minimum absolute atomic E-state index is 0.0588. The molecule has 2 nitrogen and oxygen atoms in total. The molecule has 5 heteroatoms. The van der Waals surface area contributed by atoms with Crippen LogP contribution in [0.2, 0.25) is 0 Å². The average molecular weight is 198 g/mol. The molecule has 0 fully saturated rings. The second-order valence-electron chi connectivity index (χ2n) is 2.83. The van der Waals surface area contributed by atoms with Gasteiger partial charge in [-0.3, -0.25) is 0 Å². The molecule has 0 N–H and O–H groups in total. The molecule has 2 aromatic rings. The van der Waals surface area contributed by atoms with Crippen LogP contribution in [0.3, 0.4) is 0 Å². The number of aromatic nitrogens is 2. The van der Waals surface area contributed by atoms with Crippen molar-refractivity contribution in [2.45, 2.75) is 6.92 Å². The summed E-state index contributed by atoms with van der Waals surface area (Å²) in [7, 11) is 0. The molecule has 2 rings (SSSR count). The van der Waals surface area contributed by atoms with E-state index in [2.05, 4.69) is 9.97 Å². The molecule has 0 saturated carbocycles. The highest BCUT2D eigenvalue weighted by Crippen LogP contribution is 2.17. The van der Waals surface area contributed by atoms with Crippen LogP contribution in [-0.2, 0) is 0 Å². The van der Waals surface area contributed by atoms with Gasteiger partial charge in [-0.2, -0.15) is 4.39 Å². The molecule has 0 atom stereocenters. The number of halogens is 3. The first-order chi connectivity index (χ1) is 6.59. The summed E-state index contributed by atoms with van der Waals surface area (Å²) in [5.74, 6) is -3.12. The molecule has 0 aliphatic carbocycles. The molecule has 0 bridgehead atoms. The molecule has 1 aromatic carbocycles. The molecule has 0 radical (unpaired) electrons. The van der Waals surface area contributed by atoms with Gasteiger partial charge < -0.3 is 0 Å². The van der Waals surface area contributed by atoms with E-state index in [-0.39, 0.29) is 16.7 Å². The van der Waals surface area contributed by atoms with Crippen LogP contribution in [0.1, 0.15) is 5.69 Å². The van der Waals surface area contributed by atoms with Crippen LogP contribution in [0.4, 0.5) is 13.2 Å². The van der Waals surface area contributed by atoms with E-state index in [9.17, 15) is 13.2 Å². The Balaban J connectivity index is 2.89. The maximum Gasteiger partial charge on any atom is 0.234 e. The van der Waals surface area contributed by atoms with Crippen LogP contribution in [0.5, 0.6) is 0 Å². The summed E-state index contributed by atoms with van der Waals surface area (Å²) in [6.45, 7) is 1.41. The number of hydrogen-bond acceptors (Lipinski definition) is 2. The van der Waals surface area contributed by atoms with Gasteiger partial charge in [0.2, 0.25) is 5.95 Å². The fraction of sp³-hybridized carbons (Fsp3) is 0.111. The molecule has 14 heavy (non-hydrogen) atoms. The standard InChI is InChI=1S/C9H5F3N2/c1-4-9(12)14-8-6(13-4)3-2-5(10)7(8)11/h2-3H,1H3. The SMILES string of the molecule is Cc1nc2ccc(F)c(F)c2nc1F. The third-order valence-corrected chi connectivity index (χ3v) is 1.84. The molecule has 0 spiro atoms. The average Bonchev–Trinajstić information content (AvgIpc) is 2.15. The summed E-state index contributed by atoms with van der Waals surface area (Å²) in [6, 6.07) is 2.19. The first kappa shape index (κ1) is 8.93. The smallest absolute Gasteiger partial charge is 0.234 e. The fourth-order valence-electron chi connectivity index (χ4n) is 1.13. The number of aryl methyl sites for hydroxylation is 1. The zero-order valence-electron chi connectivity index (χ0n) is 7.18. The lowest BCUT2D eigenvalue weighted by atomic mass is 10.2. The first-order valence-electron chi connectivity index (χ1n) is 3.87. The predicted octanol–water partition coefficient (Wildman–Crippen LogP) is 2.36. The molecule has 0 saturated heterocycles. The van der Waals surface area contributed by atoms with Crippen molar-refractivity contribution in [1.82, 2.24) is 9.97 Å². The van der Waals surface area contributed by atoms with Gasteiger partial charge in [-0.25, -0.2) is 18.7 Å². The van der Waals surface area contributed by atoms with E-state index in [1.165, 1.54) is 13.0 Å². The highest BCUT2D eigenvalue weighted by molar-refractivity contribution is 5.74. The number of fused-ring (bicyclic) bond motifs is 1. The maximum atomic E-state index is 13.1. The van der Waals surface area contributed by atoms with Crippen LogP contribution in [0, 0.1) is 24.5 Å². The number of benzene rings is 1. The molecule has 0 amide bonds. The molecule has 1 aromatic heterocycles. The van der Waals surface area contributed by atoms with Gasteiger partial charge in [-0.15, -0.1) is 0 Å². The first-order valence-corrected chi connectivity index (χ1v) is 3.87. The van der Waals surface area contributed by atoms with Gasteiger partial charge in [0.1, 0.15) is 5.52 Å². The van der Waals surface area contributed by atoms with Crippen molar-refractivity contribution in [3.63, 3.8) is 0 Å². The second kappa shape index (κ2) is 2.94. The van der Waals surface area contributed by atoms with E-state index in [0.29, 0.717) is 0 Å². The predicted molar refractivity (Wildman–Crippen MR) is 44.1 cm³/mol. The Bertz CT molecular complexity index is 511. The second-order valence-corrected chi connectivity index (χ2v) is 2.83. The summed E-state index contributed by atoms with van der Waals surface area (Å²) in [5.41, 5.74) is -0.181. The highest BCUT2D eigenvalue weighted by atomic mass is 19.2. The third kappa shape index (κ3) is 1.21. The van der Waals surface area contributed by atoms with Crippen LogP contribution in [0.25, 0.3) is 11.0 Å². The topological polar surface area (TPSA) is 25.8 Å². The van der Waals surface area contributed by atoms with Gasteiger partial charge in [0.05, 0.1) is 11.2 Å². The third-order valence-electron chi connectivity index (χ3n) is 1.84. The van der Waals surface area contributed by atoms with E-state index >= 15 is 0 Å². The van der Waals surface area contributed by atoms with Crippen molar-refractivity contribution in [3.8, 4) is 0 Å². The van der Waals surface area contributed by atoms with Crippen LogP contribution in [0.15, 0.2) is 12.1 Å². The molecule has 72 valence electrons. The highest BCUT2D eigenvalue weighted by Gasteiger charge is 2.11. The Hall–Kier alpha value is -1.65. The minimum atomic E-state index is -1.17. The number of rotatable bonds is 0. The van der Waals surface area contributed by atoms with Crippen molar-refractivity contribution in [2.75, 3.05) is 0 Å². The Morgan fingerprint density at radius 1 is 1.07 bits per heavy atom. The van der Waals surface area contributed by atoms with E-state index in [1.807, 2.05) is 0 Å². The molecule has 0 unspecified atom stereocenters. The summed E-state index contributed by atoms with van der Waals surface area (Å²) in [6.07, 6.45) is 0. The Kier molecular flexibility index (Phi) is 1.87. The van der Waals surface area contributed by atoms with Gasteiger partial charge in [0.15, 0.2) is 11.6 Å². The monoisotopic (exact) mass is 198 g/mol. The summed E-state index contributed by atoms with van der Waals surface area (Å²) >= 11 is 0. The van der Waals surface area contributed by atoms with Crippen molar-refractivity contribution < 1.29 is 13.2 Å². The summed E-state index contributed by atoms with van der Waals surface area (Å²) in [4.78, 5) is 7.02. The summed E-state index contributed by atoms with van der Waals surface area (Å²) in [5, 5.41) is 0. The van der Waals surface area contributed by atoms with E-state index in [1.54, 1.807) is 0 Å². The lowest BCUT2D eigenvalue weighted by molar-refractivity contribution is 0.510. The van der Waals surface area contributed by atoms with Gasteiger partial charge in [0, 0.05) is 0 Å². The van der Waals surface area contributed by atoms with Crippen LogP contribution < -0.4 is 0 Å². The fourth-order valence-corrected chi connectivity index (χ4v) is 1.13. The largest absolute Gasteiger partial charge is 0.247 e. The normalized spacial score (nSPS) is 10.9. The van der Waals surface area contributed by atoms with E-state index in [0.717, 1.165) is 6.07 Å². The van der Waals surface area contributed by atoms with Gasteiger partial charge in [-0.05, 0) is 19.1 Å². The molecular weight excluding hydrogens is 193 g/mol. The zero-order chi connectivity index (χ0) is 10.3. The number of hydrogen-bond donors (Lipinski definition) is 0. The molecule has 0 aliphatic heterocycles. The lowest BCUT2D eigenvalue weighted by Gasteiger charge is -2.00. The van der Waals surface area contributed by atoms with Crippen LogP contribution in [-0.4, -0.2) is 9.97 Å². The molecular formula is C9H5F3N2. The Labute approximate surface area is 77.4 Å². The Morgan fingerprint density at radius 2 is 1.79 bits per heavy atom. The van der Waals surface area contributed by atoms with E-state index < -0.39 is 17.6 Å². The van der Waals surface area contributed by atoms with Gasteiger partial charge in [-0.1, -0.05) is 0 Å².